The molecule has 1 aromatic rings. The second kappa shape index (κ2) is 7.55. The number of rotatable bonds is 6. The molecule has 2 atom stereocenters. The van der Waals surface area contributed by atoms with Gasteiger partial charge in [0.05, 0.1) is 7.11 Å². The molecule has 4 heteroatoms. The SMILES string of the molecule is CCSC1CCCC1NCc1cc(Br)ccc1OC. The van der Waals surface area contributed by atoms with Crippen LogP contribution in [0.2, 0.25) is 0 Å². The van der Waals surface area contributed by atoms with Gasteiger partial charge in [-0.2, -0.15) is 11.8 Å². The lowest BCUT2D eigenvalue weighted by Crippen LogP contribution is -2.33. The van der Waals surface area contributed by atoms with E-state index in [0.717, 1.165) is 22.0 Å². The van der Waals surface area contributed by atoms with Crippen molar-refractivity contribution in [3.05, 3.63) is 28.2 Å². The van der Waals surface area contributed by atoms with Gasteiger partial charge in [-0.15, -0.1) is 0 Å². The van der Waals surface area contributed by atoms with Crippen LogP contribution in [-0.2, 0) is 6.54 Å². The first-order chi connectivity index (χ1) is 9.24. The van der Waals surface area contributed by atoms with Crippen LogP contribution in [0.4, 0.5) is 0 Å². The van der Waals surface area contributed by atoms with Crippen molar-refractivity contribution in [1.82, 2.24) is 5.32 Å². The summed E-state index contributed by atoms with van der Waals surface area (Å²) in [7, 11) is 1.73. The zero-order valence-electron chi connectivity index (χ0n) is 11.6. The molecule has 1 saturated carbocycles. The van der Waals surface area contributed by atoms with Crippen molar-refractivity contribution in [2.24, 2.45) is 0 Å². The summed E-state index contributed by atoms with van der Waals surface area (Å²) in [5.74, 6) is 2.18. The first-order valence-electron chi connectivity index (χ1n) is 6.92. The molecule has 1 fully saturated rings. The number of halogens is 1. The van der Waals surface area contributed by atoms with Gasteiger partial charge >= 0.3 is 0 Å². The summed E-state index contributed by atoms with van der Waals surface area (Å²) in [5.41, 5.74) is 1.23. The Bertz CT molecular complexity index is 413. The van der Waals surface area contributed by atoms with Gasteiger partial charge in [-0.05, 0) is 36.8 Å². The van der Waals surface area contributed by atoms with Crippen molar-refractivity contribution in [3.63, 3.8) is 0 Å². The fourth-order valence-corrected chi connectivity index (χ4v) is 4.33. The third kappa shape index (κ3) is 4.14. The van der Waals surface area contributed by atoms with Gasteiger partial charge < -0.3 is 10.1 Å². The van der Waals surface area contributed by atoms with E-state index in [2.05, 4.69) is 46.0 Å². The van der Waals surface area contributed by atoms with E-state index in [1.54, 1.807) is 7.11 Å². The van der Waals surface area contributed by atoms with Crippen LogP contribution in [0, 0.1) is 0 Å². The minimum Gasteiger partial charge on any atom is -0.496 e. The molecule has 0 radical (unpaired) electrons. The number of hydrogen-bond acceptors (Lipinski definition) is 3. The van der Waals surface area contributed by atoms with Gasteiger partial charge in [0, 0.05) is 27.9 Å². The minimum absolute atomic E-state index is 0.647. The number of hydrogen-bond donors (Lipinski definition) is 1. The Balaban J connectivity index is 1.96. The summed E-state index contributed by atoms with van der Waals surface area (Å²) in [5, 5.41) is 4.49. The summed E-state index contributed by atoms with van der Waals surface area (Å²) >= 11 is 5.62. The molecule has 0 bridgehead atoms. The molecule has 2 unspecified atom stereocenters. The number of benzene rings is 1. The van der Waals surface area contributed by atoms with Gasteiger partial charge in [-0.3, -0.25) is 0 Å². The number of thioether (sulfide) groups is 1. The van der Waals surface area contributed by atoms with Crippen LogP contribution in [-0.4, -0.2) is 24.2 Å². The molecule has 0 aliphatic heterocycles. The van der Waals surface area contributed by atoms with Gasteiger partial charge in [0.15, 0.2) is 0 Å². The largest absolute Gasteiger partial charge is 0.496 e. The highest BCUT2D eigenvalue weighted by molar-refractivity contribution is 9.10. The fraction of sp³-hybridized carbons (Fsp3) is 0.600. The highest BCUT2D eigenvalue weighted by Crippen LogP contribution is 2.30. The van der Waals surface area contributed by atoms with E-state index in [-0.39, 0.29) is 0 Å². The Kier molecular flexibility index (Phi) is 6.05. The second-order valence-electron chi connectivity index (χ2n) is 4.87. The minimum atomic E-state index is 0.647. The lowest BCUT2D eigenvalue weighted by Gasteiger charge is -2.21. The Labute approximate surface area is 128 Å². The van der Waals surface area contributed by atoms with Crippen LogP contribution in [0.3, 0.4) is 0 Å². The van der Waals surface area contributed by atoms with E-state index in [0.29, 0.717) is 6.04 Å². The van der Waals surface area contributed by atoms with Crippen LogP contribution in [0.1, 0.15) is 31.7 Å². The van der Waals surface area contributed by atoms with Gasteiger partial charge in [-0.25, -0.2) is 0 Å². The number of methoxy groups -OCH3 is 1. The topological polar surface area (TPSA) is 21.3 Å². The molecule has 2 rings (SSSR count). The van der Waals surface area contributed by atoms with E-state index in [1.807, 2.05) is 12.1 Å². The molecule has 1 aliphatic rings. The third-order valence-corrected chi connectivity index (χ3v) is 5.45. The molecule has 1 aromatic carbocycles. The van der Waals surface area contributed by atoms with Crippen molar-refractivity contribution in [3.8, 4) is 5.75 Å². The first kappa shape index (κ1) is 15.2. The monoisotopic (exact) mass is 343 g/mol. The summed E-state index contributed by atoms with van der Waals surface area (Å²) in [6.45, 7) is 3.13. The van der Waals surface area contributed by atoms with Crippen LogP contribution in [0.25, 0.3) is 0 Å². The van der Waals surface area contributed by atoms with Crippen LogP contribution in [0.15, 0.2) is 22.7 Å². The van der Waals surface area contributed by atoms with E-state index < -0.39 is 0 Å². The molecule has 0 amide bonds. The van der Waals surface area contributed by atoms with E-state index in [9.17, 15) is 0 Å². The molecule has 1 N–H and O–H groups in total. The maximum absolute atomic E-state index is 5.42. The molecule has 19 heavy (non-hydrogen) atoms. The molecule has 2 nitrogen and oxygen atoms in total. The van der Waals surface area contributed by atoms with Crippen molar-refractivity contribution < 1.29 is 4.74 Å². The lowest BCUT2D eigenvalue weighted by atomic mass is 10.1. The molecule has 0 spiro atoms. The Morgan fingerprint density at radius 2 is 2.26 bits per heavy atom. The first-order valence-corrected chi connectivity index (χ1v) is 8.76. The highest BCUT2D eigenvalue weighted by atomic mass is 79.9. The van der Waals surface area contributed by atoms with Gasteiger partial charge in [0.25, 0.3) is 0 Å². The molecule has 106 valence electrons. The fourth-order valence-electron chi connectivity index (χ4n) is 2.70. The summed E-state index contributed by atoms with van der Waals surface area (Å²) in [4.78, 5) is 0. The average molecular weight is 344 g/mol. The van der Waals surface area contributed by atoms with Crippen LogP contribution < -0.4 is 10.1 Å². The van der Waals surface area contributed by atoms with E-state index in [1.165, 1.54) is 30.6 Å². The predicted molar refractivity (Wildman–Crippen MR) is 87.1 cm³/mol. The van der Waals surface area contributed by atoms with Crippen LogP contribution in [0.5, 0.6) is 5.75 Å². The predicted octanol–water partition coefficient (Wildman–Crippen LogP) is 4.22. The van der Waals surface area contributed by atoms with E-state index >= 15 is 0 Å². The van der Waals surface area contributed by atoms with Crippen molar-refractivity contribution in [1.29, 1.82) is 0 Å². The molecule has 1 aliphatic carbocycles. The molecule has 0 aromatic heterocycles. The standard InChI is InChI=1S/C15H22BrNOS/c1-3-19-15-6-4-5-13(15)17-10-11-9-12(16)7-8-14(11)18-2/h7-9,13,15,17H,3-6,10H2,1-2H3. The summed E-state index contributed by atoms with van der Waals surface area (Å²) < 4.78 is 6.53. The van der Waals surface area contributed by atoms with Crippen LogP contribution >= 0.6 is 27.7 Å². The second-order valence-corrected chi connectivity index (χ2v) is 7.30. The van der Waals surface area contributed by atoms with Crippen molar-refractivity contribution in [2.45, 2.75) is 44.0 Å². The van der Waals surface area contributed by atoms with Crippen molar-refractivity contribution >= 4 is 27.7 Å². The lowest BCUT2D eigenvalue weighted by molar-refractivity contribution is 0.405. The van der Waals surface area contributed by atoms with Gasteiger partial charge in [0.2, 0.25) is 0 Å². The average Bonchev–Trinajstić information content (AvgIpc) is 2.84. The zero-order valence-corrected chi connectivity index (χ0v) is 14.0. The smallest absolute Gasteiger partial charge is 0.123 e. The number of ether oxygens (including phenoxy) is 1. The van der Waals surface area contributed by atoms with Crippen molar-refractivity contribution in [2.75, 3.05) is 12.9 Å². The van der Waals surface area contributed by atoms with Gasteiger partial charge in [-0.1, -0.05) is 29.3 Å². The molecular formula is C15H22BrNOS. The molecule has 0 saturated heterocycles. The van der Waals surface area contributed by atoms with Gasteiger partial charge in [0.1, 0.15) is 5.75 Å². The normalized spacial score (nSPS) is 22.7. The Morgan fingerprint density at radius 3 is 3.00 bits per heavy atom. The summed E-state index contributed by atoms with van der Waals surface area (Å²) in [6, 6.07) is 6.83. The number of nitrogens with one attached hydrogen (secondary N) is 1. The molecule has 0 heterocycles. The third-order valence-electron chi connectivity index (χ3n) is 3.63. The zero-order chi connectivity index (χ0) is 13.7. The summed E-state index contributed by atoms with van der Waals surface area (Å²) in [6.07, 6.45) is 4.00. The maximum Gasteiger partial charge on any atom is 0.123 e. The van der Waals surface area contributed by atoms with E-state index in [4.69, 9.17) is 4.74 Å². The highest BCUT2D eigenvalue weighted by Gasteiger charge is 2.26. The maximum atomic E-state index is 5.42. The molecular weight excluding hydrogens is 322 g/mol. The quantitative estimate of drug-likeness (QED) is 0.835. The Morgan fingerprint density at radius 1 is 1.42 bits per heavy atom. The Hall–Kier alpha value is -0.190.